The standard InChI is InChI=1S/Ga.GeH4.Pb.H2Se.4H/h;1H4;;1H2;;;;/q;;+1;;;;;/p-1. The van der Waals surface area contributed by atoms with Gasteiger partial charge in [-0.25, -0.2) is 0 Å². The molecule has 0 aromatic rings. The van der Waals surface area contributed by atoms with E-state index in [9.17, 15) is 0 Å². The first-order valence-corrected chi connectivity index (χ1v) is 11.8. The van der Waals surface area contributed by atoms with Crippen LogP contribution in [0.5, 0.6) is 0 Å². The van der Waals surface area contributed by atoms with Gasteiger partial charge >= 0.3 is 72.8 Å². The molecule has 0 rings (SSSR count). The van der Waals surface area contributed by atoms with Gasteiger partial charge in [0.25, 0.3) is 0 Å². The molecule has 0 bridgehead atoms. The minimum atomic E-state index is 0. The SMILES string of the molecule is [GaH3].[GeH4].[SeH][PbH]. The first-order chi connectivity index (χ1) is 1.00. The van der Waals surface area contributed by atoms with Gasteiger partial charge in [-0.15, -0.1) is 0 Å². The van der Waals surface area contributed by atoms with Crippen LogP contribution in [0.2, 0.25) is 0 Å². The molecule has 0 aliphatic heterocycles. The van der Waals surface area contributed by atoms with Crippen molar-refractivity contribution in [1.82, 2.24) is 0 Å². The fourth-order valence-corrected chi connectivity index (χ4v) is 0. The van der Waals surface area contributed by atoms with Crippen LogP contribution in [0.15, 0.2) is 0 Å². The number of hydrogen-bond donors (Lipinski definition) is 0. The predicted octanol–water partition coefficient (Wildman–Crippen LogP) is -3.93. The Hall–Kier alpha value is 2.62. The third kappa shape index (κ3) is 8.82. The van der Waals surface area contributed by atoms with Gasteiger partial charge in [0.05, 0.1) is 0 Å². The zero-order chi connectivity index (χ0) is 2.00. The normalized spacial score (nSPS) is 1.50. The molecule has 0 N–H and O–H groups in total. The average molecular weight is 438 g/mol. The van der Waals surface area contributed by atoms with E-state index in [0.717, 1.165) is 23.3 Å². The summed E-state index contributed by atoms with van der Waals surface area (Å²) >= 11 is 3.58. The molecule has 0 aromatic carbocycles. The van der Waals surface area contributed by atoms with Crippen molar-refractivity contribution >= 4 is 72.8 Å². The monoisotopic (exact) mass is 440 g/mol. The molecule has 0 saturated carbocycles. The Balaban J connectivity index is -0.00000000500. The summed E-state index contributed by atoms with van der Waals surface area (Å²) in [7, 11) is 0. The Kier molecular flexibility index (Phi) is 69.7. The van der Waals surface area contributed by atoms with Crippen LogP contribution >= 0.6 is 0 Å². The van der Waals surface area contributed by atoms with E-state index in [0.29, 0.717) is 0 Å². The van der Waals surface area contributed by atoms with Gasteiger partial charge in [-0.3, -0.25) is 0 Å². The zero-order valence-electron chi connectivity index (χ0n) is 1.02. The summed E-state index contributed by atoms with van der Waals surface area (Å²) in [6.07, 6.45) is 0. The summed E-state index contributed by atoms with van der Waals surface area (Å²) in [5, 5.41) is 0. The fraction of sp³-hybridized carbons (Fsp3) is 0. The van der Waals surface area contributed by atoms with Crippen molar-refractivity contribution in [2.45, 2.75) is 0 Å². The van der Waals surface area contributed by atoms with E-state index in [1.807, 2.05) is 0 Å². The molecule has 0 aromatic heterocycles. The van der Waals surface area contributed by atoms with Gasteiger partial charge in [0.1, 0.15) is 0 Å². The molecule has 0 aliphatic rings. The maximum absolute atomic E-state index is 2.48. The molecule has 4 heteroatoms. The summed E-state index contributed by atoms with van der Waals surface area (Å²) in [6, 6.07) is 0. The van der Waals surface area contributed by atoms with E-state index in [1.165, 1.54) is 0 Å². The third-order valence-corrected chi connectivity index (χ3v) is 0. The van der Waals surface area contributed by atoms with Crippen LogP contribution in [0.1, 0.15) is 0 Å². The summed E-state index contributed by atoms with van der Waals surface area (Å²) in [5.74, 6) is 0. The average Bonchev–Trinajstić information content (AvgIpc) is 1.00. The number of hydrogen-bond acceptors (Lipinski definition) is 0. The van der Waals surface area contributed by atoms with Crippen molar-refractivity contribution in [1.29, 1.82) is 0 Å². The van der Waals surface area contributed by atoms with E-state index in [2.05, 4.69) is 12.1 Å². The maximum atomic E-state index is 2.48. The fourth-order valence-electron chi connectivity index (χ4n) is 0. The first-order valence-electron chi connectivity index (χ1n) is 0.258. The van der Waals surface area contributed by atoms with E-state index in [4.69, 9.17) is 0 Å². The molecular formula is H9GaGePbSe. The van der Waals surface area contributed by atoms with Crippen LogP contribution in [0.4, 0.5) is 0 Å². The van der Waals surface area contributed by atoms with Crippen molar-refractivity contribution in [2.24, 2.45) is 0 Å². The van der Waals surface area contributed by atoms with Crippen molar-refractivity contribution in [3.05, 3.63) is 0 Å². The van der Waals surface area contributed by atoms with Crippen LogP contribution in [-0.2, 0) is 0 Å². The molecule has 4 heavy (non-hydrogen) atoms. The Labute approximate surface area is 71.5 Å². The Morgan fingerprint density at radius 2 is 1.25 bits per heavy atom. The second-order valence-electron chi connectivity index (χ2n) is 0. The van der Waals surface area contributed by atoms with E-state index < -0.39 is 0 Å². The summed E-state index contributed by atoms with van der Waals surface area (Å²) in [6.45, 7) is 0. The van der Waals surface area contributed by atoms with E-state index >= 15 is 0 Å². The summed E-state index contributed by atoms with van der Waals surface area (Å²) < 4.78 is 0. The van der Waals surface area contributed by atoms with Gasteiger partial charge in [-0.2, -0.15) is 0 Å². The Morgan fingerprint density at radius 3 is 1.25 bits per heavy atom. The predicted molar refractivity (Wildman–Crippen MR) is 35.6 cm³/mol. The van der Waals surface area contributed by atoms with Crippen LogP contribution in [-0.4, -0.2) is 72.8 Å². The van der Waals surface area contributed by atoms with Crippen molar-refractivity contribution in [2.75, 3.05) is 0 Å². The number of rotatable bonds is 0. The molecule has 0 atom stereocenters. The molecule has 0 aliphatic carbocycles. The van der Waals surface area contributed by atoms with Gasteiger partial charge in [-0.05, 0) is 0 Å². The van der Waals surface area contributed by atoms with Gasteiger partial charge in [0, 0.05) is 0 Å². The van der Waals surface area contributed by atoms with E-state index in [-0.39, 0.29) is 37.4 Å². The first kappa shape index (κ1) is 16.0. The second kappa shape index (κ2) is 17.5. The topological polar surface area (TPSA) is 0 Å². The third-order valence-electron chi connectivity index (χ3n) is 0. The Morgan fingerprint density at radius 1 is 1.25 bits per heavy atom. The second-order valence-corrected chi connectivity index (χ2v) is 0. The zero-order valence-corrected chi connectivity index (χ0v) is 7.39. The van der Waals surface area contributed by atoms with E-state index in [1.54, 1.807) is 0 Å². The molecular weight excluding hydrogens is 428 g/mol. The van der Waals surface area contributed by atoms with Crippen LogP contribution in [0.3, 0.4) is 0 Å². The summed E-state index contributed by atoms with van der Waals surface area (Å²) in [4.78, 5) is 0. The molecule has 0 fully saturated rings. The Bertz CT molecular complexity index is 8.00. The van der Waals surface area contributed by atoms with Crippen molar-refractivity contribution in [3.8, 4) is 0 Å². The molecule has 0 nitrogen and oxygen atoms in total. The summed E-state index contributed by atoms with van der Waals surface area (Å²) in [5.41, 5.74) is 0. The molecule has 0 amide bonds. The van der Waals surface area contributed by atoms with Crippen LogP contribution < -0.4 is 0 Å². The van der Waals surface area contributed by atoms with Gasteiger partial charge in [-0.1, -0.05) is 0 Å². The minimum absolute atomic E-state index is 0. The van der Waals surface area contributed by atoms with Crippen molar-refractivity contribution < 1.29 is 0 Å². The molecule has 0 heterocycles. The van der Waals surface area contributed by atoms with Crippen molar-refractivity contribution in [3.63, 3.8) is 0 Å². The van der Waals surface area contributed by atoms with Crippen LogP contribution in [0, 0.1) is 0 Å². The molecule has 2 radical (unpaired) electrons. The van der Waals surface area contributed by atoms with Crippen LogP contribution in [0.25, 0.3) is 0 Å². The van der Waals surface area contributed by atoms with Gasteiger partial charge in [0.15, 0.2) is 0 Å². The molecule has 26 valence electrons. The van der Waals surface area contributed by atoms with Gasteiger partial charge < -0.3 is 0 Å². The quantitative estimate of drug-likeness (QED) is 0.340. The molecule has 0 unspecified atom stereocenters. The van der Waals surface area contributed by atoms with Gasteiger partial charge in [0.2, 0.25) is 0 Å². The molecule has 0 spiro atoms. The molecule has 0 saturated heterocycles.